The molecule has 0 fully saturated rings. The largest absolute Gasteiger partial charge is 0.573 e. The highest BCUT2D eigenvalue weighted by Gasteiger charge is 2.32. The number of phenolic OH excluding ortho intramolecular Hbond substituents is 1. The molecule has 34 heavy (non-hydrogen) atoms. The summed E-state index contributed by atoms with van der Waals surface area (Å²) in [6.45, 7) is 0. The van der Waals surface area contributed by atoms with Gasteiger partial charge in [-0.1, -0.05) is 36.4 Å². The standard InChI is InChI=1S/C25H14F4N2O3/c26-16-8-6-15(7-9-16)19-12-20(23(32)18-4-2-1-3-17(18)19)24(33)31-21-10-5-14(13-30)11-22(21)34-25(27,28)29/h1-12,32H,(H,31,33). The van der Waals surface area contributed by atoms with Crippen LogP contribution in [-0.4, -0.2) is 17.4 Å². The van der Waals surface area contributed by atoms with Crippen molar-refractivity contribution in [3.05, 3.63) is 89.7 Å². The Labute approximate surface area is 190 Å². The molecule has 0 saturated carbocycles. The Morgan fingerprint density at radius 2 is 1.65 bits per heavy atom. The summed E-state index contributed by atoms with van der Waals surface area (Å²) in [4.78, 5) is 13.1. The van der Waals surface area contributed by atoms with Crippen LogP contribution >= 0.6 is 0 Å². The first-order valence-electron chi connectivity index (χ1n) is 9.78. The van der Waals surface area contributed by atoms with Crippen LogP contribution in [0, 0.1) is 17.1 Å². The fourth-order valence-electron chi connectivity index (χ4n) is 3.50. The van der Waals surface area contributed by atoms with E-state index in [1.54, 1.807) is 30.3 Å². The summed E-state index contributed by atoms with van der Waals surface area (Å²) in [5.41, 5.74) is 0.387. The number of hydrogen-bond donors (Lipinski definition) is 2. The Kier molecular flexibility index (Phi) is 5.82. The lowest BCUT2D eigenvalue weighted by Gasteiger charge is -2.16. The number of nitriles is 1. The van der Waals surface area contributed by atoms with Crippen LogP contribution < -0.4 is 10.1 Å². The molecule has 0 bridgehead atoms. The van der Waals surface area contributed by atoms with Gasteiger partial charge in [0.1, 0.15) is 11.6 Å². The monoisotopic (exact) mass is 466 g/mol. The number of fused-ring (bicyclic) bond motifs is 1. The van der Waals surface area contributed by atoms with Gasteiger partial charge in [0.05, 0.1) is 22.9 Å². The van der Waals surface area contributed by atoms with Gasteiger partial charge in [0.25, 0.3) is 5.91 Å². The molecule has 0 aliphatic heterocycles. The van der Waals surface area contributed by atoms with Gasteiger partial charge in [-0.15, -0.1) is 13.2 Å². The van der Waals surface area contributed by atoms with Gasteiger partial charge >= 0.3 is 6.36 Å². The van der Waals surface area contributed by atoms with E-state index in [-0.39, 0.29) is 22.6 Å². The van der Waals surface area contributed by atoms with E-state index in [1.807, 2.05) is 0 Å². The second-order valence-electron chi connectivity index (χ2n) is 7.20. The van der Waals surface area contributed by atoms with Gasteiger partial charge in [0.15, 0.2) is 5.75 Å². The van der Waals surface area contributed by atoms with E-state index in [4.69, 9.17) is 5.26 Å². The molecule has 4 rings (SSSR count). The van der Waals surface area contributed by atoms with E-state index >= 15 is 0 Å². The Hall–Kier alpha value is -4.58. The van der Waals surface area contributed by atoms with Gasteiger partial charge in [-0.3, -0.25) is 4.79 Å². The second kappa shape index (κ2) is 8.75. The van der Waals surface area contributed by atoms with Gasteiger partial charge in [0, 0.05) is 11.5 Å². The predicted molar refractivity (Wildman–Crippen MR) is 117 cm³/mol. The number of alkyl halides is 3. The summed E-state index contributed by atoms with van der Waals surface area (Å²) in [5.74, 6) is -2.53. The van der Waals surface area contributed by atoms with Crippen molar-refractivity contribution in [3.8, 4) is 28.7 Å². The minimum atomic E-state index is -5.06. The lowest BCUT2D eigenvalue weighted by molar-refractivity contribution is -0.274. The van der Waals surface area contributed by atoms with Crippen LogP contribution in [-0.2, 0) is 0 Å². The Balaban J connectivity index is 1.81. The molecule has 4 aromatic rings. The average molecular weight is 466 g/mol. The van der Waals surface area contributed by atoms with Crippen LogP contribution in [0.1, 0.15) is 15.9 Å². The quantitative estimate of drug-likeness (QED) is 0.342. The maximum Gasteiger partial charge on any atom is 0.573 e. The Bertz CT molecular complexity index is 1440. The fraction of sp³-hybridized carbons (Fsp3) is 0.0400. The number of amides is 1. The van der Waals surface area contributed by atoms with Gasteiger partial charge < -0.3 is 15.2 Å². The summed E-state index contributed by atoms with van der Waals surface area (Å²) in [7, 11) is 0. The van der Waals surface area contributed by atoms with Crippen molar-refractivity contribution < 1.29 is 32.2 Å². The van der Waals surface area contributed by atoms with E-state index in [0.717, 1.165) is 12.1 Å². The van der Waals surface area contributed by atoms with Crippen molar-refractivity contribution in [1.29, 1.82) is 5.26 Å². The smallest absolute Gasteiger partial charge is 0.506 e. The molecule has 0 aliphatic rings. The van der Waals surface area contributed by atoms with Crippen molar-refractivity contribution in [2.75, 3.05) is 5.32 Å². The van der Waals surface area contributed by atoms with E-state index in [1.165, 1.54) is 36.4 Å². The number of nitrogens with one attached hydrogen (secondary N) is 1. The molecule has 9 heteroatoms. The molecule has 0 heterocycles. The van der Waals surface area contributed by atoms with Crippen molar-refractivity contribution >= 4 is 22.4 Å². The lowest BCUT2D eigenvalue weighted by atomic mass is 9.94. The summed E-state index contributed by atoms with van der Waals surface area (Å²) in [6, 6.07) is 18.4. The molecule has 0 radical (unpaired) electrons. The number of hydrogen-bond acceptors (Lipinski definition) is 4. The van der Waals surface area contributed by atoms with Gasteiger partial charge in [0.2, 0.25) is 0 Å². The number of halogens is 4. The summed E-state index contributed by atoms with van der Waals surface area (Å²) < 4.78 is 55.9. The third-order valence-electron chi connectivity index (χ3n) is 5.00. The van der Waals surface area contributed by atoms with Crippen LogP contribution in [0.2, 0.25) is 0 Å². The van der Waals surface area contributed by atoms with Crippen molar-refractivity contribution in [3.63, 3.8) is 0 Å². The van der Waals surface area contributed by atoms with Crippen molar-refractivity contribution in [2.24, 2.45) is 0 Å². The van der Waals surface area contributed by atoms with E-state index in [2.05, 4.69) is 10.1 Å². The minimum absolute atomic E-state index is 0.107. The molecule has 0 saturated heterocycles. The van der Waals surface area contributed by atoms with Crippen LogP contribution in [0.15, 0.2) is 72.8 Å². The summed E-state index contributed by atoms with van der Waals surface area (Å²) in [5, 5.41) is 23.0. The first kappa shape index (κ1) is 22.6. The first-order valence-corrected chi connectivity index (χ1v) is 9.78. The zero-order valence-corrected chi connectivity index (χ0v) is 17.2. The first-order chi connectivity index (χ1) is 16.2. The highest BCUT2D eigenvalue weighted by atomic mass is 19.4. The lowest BCUT2D eigenvalue weighted by Crippen LogP contribution is -2.20. The van der Waals surface area contributed by atoms with Gasteiger partial charge in [-0.2, -0.15) is 5.26 Å². The third-order valence-corrected chi connectivity index (χ3v) is 5.00. The zero-order valence-electron chi connectivity index (χ0n) is 17.2. The van der Waals surface area contributed by atoms with Crippen LogP contribution in [0.5, 0.6) is 11.5 Å². The second-order valence-corrected chi connectivity index (χ2v) is 7.20. The highest BCUT2D eigenvalue weighted by molar-refractivity contribution is 6.13. The van der Waals surface area contributed by atoms with Crippen LogP contribution in [0.4, 0.5) is 23.2 Å². The Morgan fingerprint density at radius 1 is 0.971 bits per heavy atom. The number of anilines is 1. The van der Waals surface area contributed by atoms with Crippen LogP contribution in [0.3, 0.4) is 0 Å². The topological polar surface area (TPSA) is 82.4 Å². The summed E-state index contributed by atoms with van der Waals surface area (Å²) in [6.07, 6.45) is -5.06. The Morgan fingerprint density at radius 3 is 2.29 bits per heavy atom. The van der Waals surface area contributed by atoms with Crippen molar-refractivity contribution in [1.82, 2.24) is 0 Å². The van der Waals surface area contributed by atoms with Crippen LogP contribution in [0.25, 0.3) is 21.9 Å². The average Bonchev–Trinajstić information content (AvgIpc) is 2.80. The number of carbonyl (C=O) groups excluding carboxylic acids is 1. The van der Waals surface area contributed by atoms with Crippen molar-refractivity contribution in [2.45, 2.75) is 6.36 Å². The number of rotatable bonds is 4. The number of benzene rings is 4. The molecule has 0 aliphatic carbocycles. The molecule has 0 spiro atoms. The fourth-order valence-corrected chi connectivity index (χ4v) is 3.50. The molecule has 2 N–H and O–H groups in total. The molecule has 1 amide bonds. The number of ether oxygens (including phenoxy) is 1. The molecular formula is C25H14F4N2O3. The number of aromatic hydroxyl groups is 1. The molecule has 0 aromatic heterocycles. The molecule has 5 nitrogen and oxygen atoms in total. The summed E-state index contributed by atoms with van der Waals surface area (Å²) >= 11 is 0. The normalized spacial score (nSPS) is 11.1. The molecular weight excluding hydrogens is 452 g/mol. The maximum absolute atomic E-state index is 13.4. The van der Waals surface area contributed by atoms with E-state index in [9.17, 15) is 27.5 Å². The van der Waals surface area contributed by atoms with E-state index in [0.29, 0.717) is 21.9 Å². The number of phenols is 1. The van der Waals surface area contributed by atoms with E-state index < -0.39 is 23.8 Å². The molecule has 4 aromatic carbocycles. The molecule has 0 atom stereocenters. The predicted octanol–water partition coefficient (Wildman–Crippen LogP) is 6.37. The third kappa shape index (κ3) is 4.61. The molecule has 170 valence electrons. The number of carbonyl (C=O) groups is 1. The van der Waals surface area contributed by atoms with Gasteiger partial charge in [-0.05, 0) is 46.8 Å². The number of nitrogens with zero attached hydrogens (tertiary/aromatic N) is 1. The SMILES string of the molecule is N#Cc1ccc(NC(=O)c2cc(-c3ccc(F)cc3)c3ccccc3c2O)c(OC(F)(F)F)c1. The zero-order chi connectivity index (χ0) is 24.5. The molecule has 0 unspecified atom stereocenters. The minimum Gasteiger partial charge on any atom is -0.506 e. The maximum atomic E-state index is 13.4. The van der Waals surface area contributed by atoms with Gasteiger partial charge in [-0.25, -0.2) is 4.39 Å². The highest BCUT2D eigenvalue weighted by Crippen LogP contribution is 2.38.